The molecule has 2 N–H and O–H groups in total. The van der Waals surface area contributed by atoms with Gasteiger partial charge in [0.05, 0.1) is 19.8 Å². The SMILES string of the molecule is COc1ccc(C(O)CCN(C)CCO)c(C)c1. The Kier molecular flexibility index (Phi) is 6.12. The van der Waals surface area contributed by atoms with E-state index >= 15 is 0 Å². The highest BCUT2D eigenvalue weighted by Gasteiger charge is 2.12. The van der Waals surface area contributed by atoms with E-state index in [9.17, 15) is 5.11 Å². The molecule has 1 aromatic carbocycles. The van der Waals surface area contributed by atoms with Crippen LogP contribution in [0.3, 0.4) is 0 Å². The molecule has 0 fully saturated rings. The van der Waals surface area contributed by atoms with Gasteiger partial charge in [0.1, 0.15) is 5.75 Å². The van der Waals surface area contributed by atoms with Crippen molar-refractivity contribution in [3.63, 3.8) is 0 Å². The Morgan fingerprint density at radius 3 is 2.61 bits per heavy atom. The lowest BCUT2D eigenvalue weighted by molar-refractivity contribution is 0.140. The fourth-order valence-corrected chi connectivity index (χ4v) is 1.93. The molecule has 0 saturated carbocycles. The van der Waals surface area contributed by atoms with Crippen LogP contribution in [0.4, 0.5) is 0 Å². The molecule has 1 aromatic rings. The molecule has 1 unspecified atom stereocenters. The first-order chi connectivity index (χ1) is 8.58. The molecule has 102 valence electrons. The molecule has 1 rings (SSSR count). The first-order valence-electron chi connectivity index (χ1n) is 6.20. The van der Waals surface area contributed by atoms with Crippen LogP contribution in [0.1, 0.15) is 23.7 Å². The van der Waals surface area contributed by atoms with E-state index in [-0.39, 0.29) is 6.61 Å². The molecule has 1 atom stereocenters. The Hall–Kier alpha value is -1.10. The molecule has 0 amide bonds. The van der Waals surface area contributed by atoms with E-state index in [4.69, 9.17) is 9.84 Å². The van der Waals surface area contributed by atoms with Crippen molar-refractivity contribution >= 4 is 0 Å². The van der Waals surface area contributed by atoms with Gasteiger partial charge in [-0.1, -0.05) is 6.07 Å². The van der Waals surface area contributed by atoms with Crippen molar-refractivity contribution in [1.29, 1.82) is 0 Å². The summed E-state index contributed by atoms with van der Waals surface area (Å²) < 4.78 is 5.14. The molecule has 0 aliphatic rings. The number of hydrogen-bond acceptors (Lipinski definition) is 4. The number of likely N-dealkylation sites (N-methyl/N-ethyl adjacent to an activating group) is 1. The van der Waals surface area contributed by atoms with Gasteiger partial charge in [-0.2, -0.15) is 0 Å². The van der Waals surface area contributed by atoms with Crippen LogP contribution in [0.5, 0.6) is 5.75 Å². The third-order valence-corrected chi connectivity index (χ3v) is 3.10. The van der Waals surface area contributed by atoms with Crippen molar-refractivity contribution in [1.82, 2.24) is 4.90 Å². The normalized spacial score (nSPS) is 12.8. The number of aliphatic hydroxyl groups excluding tert-OH is 2. The van der Waals surface area contributed by atoms with E-state index in [0.29, 0.717) is 13.0 Å². The maximum absolute atomic E-state index is 10.2. The average Bonchev–Trinajstić information content (AvgIpc) is 2.36. The average molecular weight is 253 g/mol. The molecule has 0 aromatic heterocycles. The molecule has 0 aliphatic heterocycles. The standard InChI is InChI=1S/C14H23NO3/c1-11-10-12(18-3)4-5-13(11)14(17)6-7-15(2)8-9-16/h4-5,10,14,16-17H,6-9H2,1-3H3. The number of aryl methyl sites for hydroxylation is 1. The number of methoxy groups -OCH3 is 1. The van der Waals surface area contributed by atoms with Crippen molar-refractivity contribution < 1.29 is 14.9 Å². The summed E-state index contributed by atoms with van der Waals surface area (Å²) >= 11 is 0. The summed E-state index contributed by atoms with van der Waals surface area (Å²) in [7, 11) is 3.57. The van der Waals surface area contributed by atoms with Crippen LogP contribution in [0.15, 0.2) is 18.2 Å². The minimum absolute atomic E-state index is 0.147. The minimum atomic E-state index is -0.475. The van der Waals surface area contributed by atoms with Crippen molar-refractivity contribution in [3.05, 3.63) is 29.3 Å². The lowest BCUT2D eigenvalue weighted by Crippen LogP contribution is -2.24. The lowest BCUT2D eigenvalue weighted by Gasteiger charge is -2.19. The largest absolute Gasteiger partial charge is 0.497 e. The van der Waals surface area contributed by atoms with Crippen molar-refractivity contribution in [2.75, 3.05) is 33.9 Å². The highest BCUT2D eigenvalue weighted by Crippen LogP contribution is 2.24. The summed E-state index contributed by atoms with van der Waals surface area (Å²) in [4.78, 5) is 2.00. The number of benzene rings is 1. The third-order valence-electron chi connectivity index (χ3n) is 3.10. The van der Waals surface area contributed by atoms with E-state index in [1.807, 2.05) is 37.1 Å². The van der Waals surface area contributed by atoms with Gasteiger partial charge < -0.3 is 19.8 Å². The summed E-state index contributed by atoms with van der Waals surface area (Å²) in [5, 5.41) is 19.0. The molecule has 0 bridgehead atoms. The van der Waals surface area contributed by atoms with E-state index in [1.165, 1.54) is 0 Å². The summed E-state index contributed by atoms with van der Waals surface area (Å²) in [5.41, 5.74) is 1.97. The molecule has 18 heavy (non-hydrogen) atoms. The van der Waals surface area contributed by atoms with Crippen molar-refractivity contribution in [2.24, 2.45) is 0 Å². The van der Waals surface area contributed by atoms with Crippen LogP contribution in [0, 0.1) is 6.92 Å². The smallest absolute Gasteiger partial charge is 0.119 e. The summed E-state index contributed by atoms with van der Waals surface area (Å²) in [6.07, 6.45) is 0.181. The monoisotopic (exact) mass is 253 g/mol. The van der Waals surface area contributed by atoms with Gasteiger partial charge in [-0.15, -0.1) is 0 Å². The van der Waals surface area contributed by atoms with Gasteiger partial charge >= 0.3 is 0 Å². The van der Waals surface area contributed by atoms with Gasteiger partial charge in [-0.3, -0.25) is 0 Å². The number of nitrogens with zero attached hydrogens (tertiary/aromatic N) is 1. The molecule has 0 saturated heterocycles. The zero-order chi connectivity index (χ0) is 13.5. The minimum Gasteiger partial charge on any atom is -0.497 e. The topological polar surface area (TPSA) is 52.9 Å². The molecule has 0 heterocycles. The number of ether oxygens (including phenoxy) is 1. The molecule has 4 nitrogen and oxygen atoms in total. The van der Waals surface area contributed by atoms with Crippen molar-refractivity contribution in [2.45, 2.75) is 19.4 Å². The fourth-order valence-electron chi connectivity index (χ4n) is 1.93. The maximum Gasteiger partial charge on any atom is 0.119 e. The predicted molar refractivity (Wildman–Crippen MR) is 71.9 cm³/mol. The van der Waals surface area contributed by atoms with E-state index in [0.717, 1.165) is 23.4 Å². The van der Waals surface area contributed by atoms with E-state index in [1.54, 1.807) is 7.11 Å². The van der Waals surface area contributed by atoms with E-state index in [2.05, 4.69) is 0 Å². The fraction of sp³-hybridized carbons (Fsp3) is 0.571. The summed E-state index contributed by atoms with van der Waals surface area (Å²) in [6.45, 7) is 3.51. The molecule has 0 radical (unpaired) electrons. The molecular formula is C14H23NO3. The quantitative estimate of drug-likeness (QED) is 0.770. The molecular weight excluding hydrogens is 230 g/mol. The first-order valence-corrected chi connectivity index (χ1v) is 6.20. The second kappa shape index (κ2) is 7.36. The predicted octanol–water partition coefficient (Wildman–Crippen LogP) is 1.35. The van der Waals surface area contributed by atoms with Crippen LogP contribution >= 0.6 is 0 Å². The van der Waals surface area contributed by atoms with Crippen LogP contribution in [0.25, 0.3) is 0 Å². The van der Waals surface area contributed by atoms with Crippen LogP contribution in [-0.2, 0) is 0 Å². The van der Waals surface area contributed by atoms with Gasteiger partial charge in [-0.05, 0) is 43.7 Å². The van der Waals surface area contributed by atoms with Crippen LogP contribution < -0.4 is 4.74 Å². The summed E-state index contributed by atoms with van der Waals surface area (Å²) in [5.74, 6) is 0.806. The van der Waals surface area contributed by atoms with Gasteiger partial charge in [0.15, 0.2) is 0 Å². The second-order valence-electron chi connectivity index (χ2n) is 4.55. The van der Waals surface area contributed by atoms with Crippen LogP contribution in [-0.4, -0.2) is 49.0 Å². The summed E-state index contributed by atoms with van der Waals surface area (Å²) in [6, 6.07) is 5.70. The molecule has 4 heteroatoms. The van der Waals surface area contributed by atoms with Gasteiger partial charge in [-0.25, -0.2) is 0 Å². The number of hydrogen-bond donors (Lipinski definition) is 2. The third kappa shape index (κ3) is 4.29. The van der Waals surface area contributed by atoms with Crippen molar-refractivity contribution in [3.8, 4) is 5.75 Å². The zero-order valence-corrected chi connectivity index (χ0v) is 11.4. The first kappa shape index (κ1) is 15.0. The second-order valence-corrected chi connectivity index (χ2v) is 4.55. The van der Waals surface area contributed by atoms with Crippen LogP contribution in [0.2, 0.25) is 0 Å². The molecule has 0 spiro atoms. The highest BCUT2D eigenvalue weighted by molar-refractivity contribution is 5.35. The Morgan fingerprint density at radius 1 is 1.33 bits per heavy atom. The van der Waals surface area contributed by atoms with Gasteiger partial charge in [0, 0.05) is 13.1 Å². The number of aliphatic hydroxyl groups is 2. The Labute approximate surface area is 109 Å². The number of rotatable bonds is 7. The highest BCUT2D eigenvalue weighted by atomic mass is 16.5. The van der Waals surface area contributed by atoms with Gasteiger partial charge in [0.25, 0.3) is 0 Å². The lowest BCUT2D eigenvalue weighted by atomic mass is 10.0. The van der Waals surface area contributed by atoms with Gasteiger partial charge in [0.2, 0.25) is 0 Å². The Balaban J connectivity index is 2.58. The zero-order valence-electron chi connectivity index (χ0n) is 11.4. The Morgan fingerprint density at radius 2 is 2.06 bits per heavy atom. The van der Waals surface area contributed by atoms with E-state index < -0.39 is 6.10 Å². The molecule has 0 aliphatic carbocycles. The maximum atomic E-state index is 10.2. The Bertz CT molecular complexity index is 368.